The Bertz CT molecular complexity index is 1080. The van der Waals surface area contributed by atoms with Gasteiger partial charge in [-0.15, -0.1) is 0 Å². The van der Waals surface area contributed by atoms with Crippen LogP contribution in [0.4, 0.5) is 0 Å². The van der Waals surface area contributed by atoms with E-state index in [1.807, 2.05) is 0 Å². The van der Waals surface area contributed by atoms with Crippen LogP contribution in [0.3, 0.4) is 0 Å². The Morgan fingerprint density at radius 1 is 1.00 bits per heavy atom. The first-order valence-electron chi connectivity index (χ1n) is 12.0. The lowest BCUT2D eigenvalue weighted by Gasteiger charge is -2.29. The van der Waals surface area contributed by atoms with Crippen LogP contribution >= 0.6 is 0 Å². The van der Waals surface area contributed by atoms with Crippen LogP contribution in [0, 0.1) is 0 Å². The lowest BCUT2D eigenvalue weighted by atomic mass is 10.0. The quantitative estimate of drug-likeness (QED) is 0.525. The molecular formula is C28H33N3O2. The van der Waals surface area contributed by atoms with Crippen molar-refractivity contribution in [2.75, 3.05) is 26.8 Å². The lowest BCUT2D eigenvalue weighted by molar-refractivity contribution is -0.126. The number of fused-ring (bicyclic) bond motifs is 2. The minimum atomic E-state index is -0.105. The molecule has 172 valence electrons. The average Bonchev–Trinajstić information content (AvgIpc) is 3.47. The van der Waals surface area contributed by atoms with Crippen molar-refractivity contribution in [3.63, 3.8) is 0 Å². The number of methoxy groups -OCH3 is 1. The first-order valence-corrected chi connectivity index (χ1v) is 12.0. The zero-order valence-corrected chi connectivity index (χ0v) is 19.3. The van der Waals surface area contributed by atoms with Crippen LogP contribution in [-0.2, 0) is 28.9 Å². The Morgan fingerprint density at radius 3 is 2.52 bits per heavy atom. The maximum atomic E-state index is 13.1. The van der Waals surface area contributed by atoms with Crippen LogP contribution in [0.15, 0.2) is 66.7 Å². The van der Waals surface area contributed by atoms with Gasteiger partial charge in [0.2, 0.25) is 5.91 Å². The van der Waals surface area contributed by atoms with E-state index in [4.69, 9.17) is 4.74 Å². The number of ether oxygens (including phenoxy) is 1. The predicted octanol–water partition coefficient (Wildman–Crippen LogP) is 3.30. The van der Waals surface area contributed by atoms with Gasteiger partial charge in [0, 0.05) is 38.8 Å². The third-order valence-corrected chi connectivity index (χ3v) is 7.21. The van der Waals surface area contributed by atoms with E-state index in [0.717, 1.165) is 32.4 Å². The van der Waals surface area contributed by atoms with Gasteiger partial charge in [-0.1, -0.05) is 66.7 Å². The molecule has 0 bridgehead atoms. The maximum Gasteiger partial charge on any atom is 0.237 e. The summed E-state index contributed by atoms with van der Waals surface area (Å²) < 4.78 is 5.13. The first-order chi connectivity index (χ1) is 16.2. The van der Waals surface area contributed by atoms with Gasteiger partial charge in [-0.2, -0.15) is 0 Å². The zero-order valence-electron chi connectivity index (χ0n) is 19.3. The largest absolute Gasteiger partial charge is 0.383 e. The predicted molar refractivity (Wildman–Crippen MR) is 132 cm³/mol. The third-order valence-electron chi connectivity index (χ3n) is 7.21. The molecule has 5 rings (SSSR count). The molecule has 0 aromatic heterocycles. The highest BCUT2D eigenvalue weighted by Crippen LogP contribution is 2.31. The molecule has 3 aromatic rings. The summed E-state index contributed by atoms with van der Waals surface area (Å²) in [6.45, 7) is 2.79. The SMILES string of the molecule is COCCNC(=O)[C@@H]1C[C@@H](NCc2cccc3ccccc23)CN1C1Cc2ccccc2C1. The van der Waals surface area contributed by atoms with E-state index in [1.165, 1.54) is 27.5 Å². The monoisotopic (exact) mass is 443 g/mol. The molecule has 1 saturated heterocycles. The van der Waals surface area contributed by atoms with Crippen LogP contribution in [-0.4, -0.2) is 55.7 Å². The van der Waals surface area contributed by atoms with E-state index in [2.05, 4.69) is 82.3 Å². The molecule has 1 heterocycles. The van der Waals surface area contributed by atoms with Gasteiger partial charge in [0.15, 0.2) is 0 Å². The molecule has 5 nitrogen and oxygen atoms in total. The van der Waals surface area contributed by atoms with E-state index in [-0.39, 0.29) is 18.0 Å². The summed E-state index contributed by atoms with van der Waals surface area (Å²) in [6.07, 6.45) is 2.87. The fourth-order valence-corrected chi connectivity index (χ4v) is 5.54. The smallest absolute Gasteiger partial charge is 0.237 e. The molecule has 1 aliphatic carbocycles. The Morgan fingerprint density at radius 2 is 1.73 bits per heavy atom. The molecule has 2 N–H and O–H groups in total. The Labute approximate surface area is 196 Å². The van der Waals surface area contributed by atoms with Crippen LogP contribution in [0.25, 0.3) is 10.8 Å². The summed E-state index contributed by atoms with van der Waals surface area (Å²) in [5, 5.41) is 9.42. The molecule has 3 aromatic carbocycles. The van der Waals surface area contributed by atoms with Crippen molar-refractivity contribution in [2.24, 2.45) is 0 Å². The van der Waals surface area contributed by atoms with Crippen LogP contribution < -0.4 is 10.6 Å². The molecular weight excluding hydrogens is 410 g/mol. The number of benzene rings is 3. The second kappa shape index (κ2) is 10.0. The molecule has 2 atom stereocenters. The molecule has 33 heavy (non-hydrogen) atoms. The molecule has 0 unspecified atom stereocenters. The van der Waals surface area contributed by atoms with Gasteiger partial charge < -0.3 is 15.4 Å². The summed E-state index contributed by atoms with van der Waals surface area (Å²) in [7, 11) is 1.66. The number of hydrogen-bond donors (Lipinski definition) is 2. The summed E-state index contributed by atoms with van der Waals surface area (Å²) >= 11 is 0. The third kappa shape index (κ3) is 4.81. The van der Waals surface area contributed by atoms with Crippen LogP contribution in [0.5, 0.6) is 0 Å². The van der Waals surface area contributed by atoms with Crippen LogP contribution in [0.1, 0.15) is 23.1 Å². The molecule has 0 radical (unpaired) electrons. The molecule has 1 amide bonds. The standard InChI is InChI=1S/C28H33N3O2/c1-33-14-13-29-28(32)27-17-24(19-31(27)25-15-21-8-2-3-9-22(21)16-25)30-18-23-11-6-10-20-7-4-5-12-26(20)23/h2-12,24-25,27,30H,13-19H2,1H3,(H,29,32)/t24-,27+/m1/s1. The Kier molecular flexibility index (Phi) is 6.72. The number of hydrogen-bond acceptors (Lipinski definition) is 4. The van der Waals surface area contributed by atoms with Crippen molar-refractivity contribution >= 4 is 16.7 Å². The number of nitrogens with zero attached hydrogens (tertiary/aromatic N) is 1. The van der Waals surface area contributed by atoms with Crippen molar-refractivity contribution in [3.05, 3.63) is 83.4 Å². The fourth-order valence-electron chi connectivity index (χ4n) is 5.54. The minimum absolute atomic E-state index is 0.105. The molecule has 0 spiro atoms. The van der Waals surface area contributed by atoms with E-state index < -0.39 is 0 Å². The molecule has 5 heteroatoms. The van der Waals surface area contributed by atoms with E-state index >= 15 is 0 Å². The molecule has 2 aliphatic rings. The molecule has 0 saturated carbocycles. The highest BCUT2D eigenvalue weighted by Gasteiger charge is 2.41. The minimum Gasteiger partial charge on any atom is -0.383 e. The molecule has 1 fully saturated rings. The second-order valence-electron chi connectivity index (χ2n) is 9.28. The fraction of sp³-hybridized carbons (Fsp3) is 0.393. The van der Waals surface area contributed by atoms with Crippen molar-refractivity contribution in [1.29, 1.82) is 0 Å². The van der Waals surface area contributed by atoms with Gasteiger partial charge in [-0.05, 0) is 46.7 Å². The summed E-state index contributed by atoms with van der Waals surface area (Å²) in [5.41, 5.74) is 4.15. The van der Waals surface area contributed by atoms with Gasteiger partial charge in [0.1, 0.15) is 0 Å². The van der Waals surface area contributed by atoms with Crippen molar-refractivity contribution in [2.45, 2.75) is 43.9 Å². The topological polar surface area (TPSA) is 53.6 Å². The van der Waals surface area contributed by atoms with Gasteiger partial charge in [0.05, 0.1) is 12.6 Å². The highest BCUT2D eigenvalue weighted by atomic mass is 16.5. The van der Waals surface area contributed by atoms with E-state index in [9.17, 15) is 4.79 Å². The van der Waals surface area contributed by atoms with Crippen molar-refractivity contribution in [3.8, 4) is 0 Å². The van der Waals surface area contributed by atoms with Gasteiger partial charge in [0.25, 0.3) is 0 Å². The highest BCUT2D eigenvalue weighted by molar-refractivity contribution is 5.85. The number of likely N-dealkylation sites (tertiary alicyclic amines) is 1. The number of carbonyl (C=O) groups is 1. The number of nitrogens with one attached hydrogen (secondary N) is 2. The molecule has 1 aliphatic heterocycles. The summed E-state index contributed by atoms with van der Waals surface area (Å²) in [4.78, 5) is 15.6. The van der Waals surface area contributed by atoms with Crippen LogP contribution in [0.2, 0.25) is 0 Å². The van der Waals surface area contributed by atoms with Gasteiger partial charge in [-0.25, -0.2) is 0 Å². The van der Waals surface area contributed by atoms with Crippen molar-refractivity contribution in [1.82, 2.24) is 15.5 Å². The van der Waals surface area contributed by atoms with Gasteiger partial charge in [-0.3, -0.25) is 9.69 Å². The lowest BCUT2D eigenvalue weighted by Crippen LogP contribution is -2.48. The van der Waals surface area contributed by atoms with Gasteiger partial charge >= 0.3 is 0 Å². The van der Waals surface area contributed by atoms with Crippen molar-refractivity contribution < 1.29 is 9.53 Å². The average molecular weight is 444 g/mol. The number of amides is 1. The van der Waals surface area contributed by atoms with E-state index in [0.29, 0.717) is 19.2 Å². The maximum absolute atomic E-state index is 13.1. The van der Waals surface area contributed by atoms with E-state index in [1.54, 1.807) is 7.11 Å². The number of carbonyl (C=O) groups excluding carboxylic acids is 1. The first kappa shape index (κ1) is 22.1. The Balaban J connectivity index is 1.29. The Hall–Kier alpha value is -2.73. The summed E-state index contributed by atoms with van der Waals surface area (Å²) in [6, 6.07) is 24.3. The normalized spacial score (nSPS) is 20.9. The number of rotatable bonds is 8. The second-order valence-corrected chi connectivity index (χ2v) is 9.28. The zero-order chi connectivity index (χ0) is 22.6. The summed E-state index contributed by atoms with van der Waals surface area (Å²) in [5.74, 6) is 0.123.